The van der Waals surface area contributed by atoms with Crippen LogP contribution in [0.2, 0.25) is 0 Å². The van der Waals surface area contributed by atoms with E-state index in [0.29, 0.717) is 44.4 Å². The molecular weight excluding hydrogens is 607 g/mol. The number of nitrogens with zero attached hydrogens (tertiary/aromatic N) is 3. The second-order valence-corrected chi connectivity index (χ2v) is 12.4. The Morgan fingerprint density at radius 2 is 1.74 bits per heavy atom. The third-order valence-corrected chi connectivity index (χ3v) is 8.92. The lowest BCUT2D eigenvalue weighted by Gasteiger charge is -2.26. The number of fused-ring (bicyclic) bond motifs is 1. The van der Waals surface area contributed by atoms with E-state index in [0.717, 1.165) is 27.8 Å². The number of rotatable bonds is 9. The fraction of sp³-hybridized carbons (Fsp3) is 0.179. The van der Waals surface area contributed by atoms with Crippen LogP contribution in [0.1, 0.15) is 66.1 Å². The number of carbonyl (C=O) groups is 1. The predicted molar refractivity (Wildman–Crippen MR) is 184 cm³/mol. The molecule has 0 fully saturated rings. The fourth-order valence-corrected chi connectivity index (χ4v) is 6.51. The highest BCUT2D eigenvalue weighted by Gasteiger charge is 2.35. The van der Waals surface area contributed by atoms with Crippen molar-refractivity contribution in [1.82, 2.24) is 4.57 Å². The van der Waals surface area contributed by atoms with E-state index in [4.69, 9.17) is 19.7 Å². The van der Waals surface area contributed by atoms with Crippen molar-refractivity contribution in [2.75, 3.05) is 6.61 Å². The highest BCUT2D eigenvalue weighted by Crippen LogP contribution is 2.35. The minimum Gasteiger partial charge on any atom is -0.489 e. The summed E-state index contributed by atoms with van der Waals surface area (Å²) >= 11 is 1.28. The van der Waals surface area contributed by atoms with Gasteiger partial charge in [0.25, 0.3) is 5.56 Å². The molecule has 2 heterocycles. The lowest BCUT2D eigenvalue weighted by atomic mass is 9.91. The van der Waals surface area contributed by atoms with Crippen LogP contribution in [0.25, 0.3) is 11.8 Å². The SMILES string of the molecule is CCOC(=O)C1=C(c2ccccc2)N=c2s/c(=C\c3cccc(OCc4ccc(C#N)cc4)c3)c(=O)n2[C@@H]1c1ccc(C(C)C)cc1. The molecule has 4 aromatic carbocycles. The van der Waals surface area contributed by atoms with Gasteiger partial charge in [0.05, 0.1) is 40.1 Å². The summed E-state index contributed by atoms with van der Waals surface area (Å²) in [5.41, 5.74) is 5.62. The molecule has 0 saturated carbocycles. The molecule has 7 nitrogen and oxygen atoms in total. The van der Waals surface area contributed by atoms with Crippen molar-refractivity contribution in [3.63, 3.8) is 0 Å². The Kier molecular flexibility index (Phi) is 9.28. The number of thiazole rings is 1. The molecule has 8 heteroatoms. The monoisotopic (exact) mass is 639 g/mol. The molecule has 1 aliphatic heterocycles. The Morgan fingerprint density at radius 1 is 1.00 bits per heavy atom. The van der Waals surface area contributed by atoms with Gasteiger partial charge in [0, 0.05) is 5.56 Å². The maximum atomic E-state index is 14.2. The van der Waals surface area contributed by atoms with Gasteiger partial charge in [-0.25, -0.2) is 9.79 Å². The average molecular weight is 640 g/mol. The zero-order valence-corrected chi connectivity index (χ0v) is 27.2. The molecular formula is C39H33N3O4S. The van der Waals surface area contributed by atoms with Gasteiger partial charge in [-0.05, 0) is 65.4 Å². The van der Waals surface area contributed by atoms with Crippen molar-refractivity contribution >= 4 is 29.1 Å². The van der Waals surface area contributed by atoms with E-state index in [1.54, 1.807) is 23.6 Å². The standard InChI is InChI=1S/C39H33N3O4S/c1-4-45-38(44)34-35(30-10-6-5-7-11-30)41-39-42(36(34)31-19-17-29(18-20-31)25(2)3)37(43)33(47-39)22-28-9-8-12-32(21-28)46-24-27-15-13-26(23-40)14-16-27/h5-22,25,36H,4,24H2,1-3H3/b33-22-/t36-/m1/s1. The molecule has 1 atom stereocenters. The second kappa shape index (κ2) is 13.9. The molecule has 5 aromatic rings. The van der Waals surface area contributed by atoms with Crippen LogP contribution in [0.15, 0.2) is 118 Å². The summed E-state index contributed by atoms with van der Waals surface area (Å²) in [6, 6.07) is 33.8. The largest absolute Gasteiger partial charge is 0.489 e. The summed E-state index contributed by atoms with van der Waals surface area (Å²) in [6.45, 7) is 6.55. The van der Waals surface area contributed by atoms with Crippen molar-refractivity contribution in [3.05, 3.63) is 162 Å². The van der Waals surface area contributed by atoms with Gasteiger partial charge in [0.1, 0.15) is 12.4 Å². The van der Waals surface area contributed by atoms with Gasteiger partial charge in [0.2, 0.25) is 0 Å². The first-order chi connectivity index (χ1) is 22.9. The quantitative estimate of drug-likeness (QED) is 0.172. The van der Waals surface area contributed by atoms with E-state index in [-0.39, 0.29) is 12.2 Å². The van der Waals surface area contributed by atoms with Crippen LogP contribution in [0.4, 0.5) is 0 Å². The lowest BCUT2D eigenvalue weighted by molar-refractivity contribution is -0.138. The summed E-state index contributed by atoms with van der Waals surface area (Å²) in [6.07, 6.45) is 1.83. The van der Waals surface area contributed by atoms with E-state index < -0.39 is 12.0 Å². The molecule has 6 rings (SSSR count). The van der Waals surface area contributed by atoms with E-state index in [9.17, 15) is 9.59 Å². The summed E-state index contributed by atoms with van der Waals surface area (Å²) < 4.78 is 13.7. The van der Waals surface area contributed by atoms with Crippen molar-refractivity contribution < 1.29 is 14.3 Å². The average Bonchev–Trinajstić information content (AvgIpc) is 3.41. The molecule has 0 saturated heterocycles. The first-order valence-corrected chi connectivity index (χ1v) is 16.3. The van der Waals surface area contributed by atoms with Crippen molar-refractivity contribution in [2.24, 2.45) is 4.99 Å². The van der Waals surface area contributed by atoms with Gasteiger partial charge in [-0.3, -0.25) is 9.36 Å². The normalized spacial score (nSPS) is 14.4. The van der Waals surface area contributed by atoms with Crippen LogP contribution < -0.4 is 19.6 Å². The molecule has 0 unspecified atom stereocenters. The molecule has 0 bridgehead atoms. The second-order valence-electron chi connectivity index (χ2n) is 11.4. The molecule has 47 heavy (non-hydrogen) atoms. The molecule has 1 aliphatic rings. The molecule has 0 aliphatic carbocycles. The Bertz CT molecular complexity index is 2170. The minimum atomic E-state index is -0.731. The predicted octanol–water partition coefficient (Wildman–Crippen LogP) is 6.51. The fourth-order valence-electron chi connectivity index (χ4n) is 5.51. The third-order valence-electron chi connectivity index (χ3n) is 7.94. The van der Waals surface area contributed by atoms with Crippen molar-refractivity contribution in [2.45, 2.75) is 39.3 Å². The number of aromatic nitrogens is 1. The van der Waals surface area contributed by atoms with Gasteiger partial charge in [-0.15, -0.1) is 0 Å². The van der Waals surface area contributed by atoms with Crippen LogP contribution >= 0.6 is 11.3 Å². The maximum Gasteiger partial charge on any atom is 0.338 e. The van der Waals surface area contributed by atoms with Crippen molar-refractivity contribution in [3.8, 4) is 11.8 Å². The van der Waals surface area contributed by atoms with E-state index in [1.807, 2.05) is 97.1 Å². The van der Waals surface area contributed by atoms with Gasteiger partial charge < -0.3 is 9.47 Å². The van der Waals surface area contributed by atoms with Crippen LogP contribution in [0, 0.1) is 11.3 Å². The van der Waals surface area contributed by atoms with Crippen LogP contribution in [0.5, 0.6) is 5.75 Å². The molecule has 0 amide bonds. The molecule has 0 spiro atoms. The zero-order valence-electron chi connectivity index (χ0n) is 26.3. The topological polar surface area (TPSA) is 93.7 Å². The van der Waals surface area contributed by atoms with Gasteiger partial charge in [-0.2, -0.15) is 5.26 Å². The molecule has 1 aromatic heterocycles. The first-order valence-electron chi connectivity index (χ1n) is 15.5. The Labute approximate surface area is 277 Å². The first kappa shape index (κ1) is 31.5. The summed E-state index contributed by atoms with van der Waals surface area (Å²) in [5, 5.41) is 9.05. The molecule has 234 valence electrons. The van der Waals surface area contributed by atoms with Gasteiger partial charge in [0.15, 0.2) is 4.80 Å². The molecule has 0 N–H and O–H groups in total. The minimum absolute atomic E-state index is 0.192. The number of benzene rings is 4. The van der Waals surface area contributed by atoms with E-state index in [1.165, 1.54) is 11.3 Å². The highest BCUT2D eigenvalue weighted by atomic mass is 32.1. The zero-order chi connectivity index (χ0) is 32.9. The van der Waals surface area contributed by atoms with Gasteiger partial charge >= 0.3 is 5.97 Å². The molecule has 0 radical (unpaired) electrons. The Hall–Kier alpha value is -5.52. The lowest BCUT2D eigenvalue weighted by Crippen LogP contribution is -2.40. The highest BCUT2D eigenvalue weighted by molar-refractivity contribution is 7.07. The van der Waals surface area contributed by atoms with Crippen molar-refractivity contribution in [1.29, 1.82) is 5.26 Å². The summed E-state index contributed by atoms with van der Waals surface area (Å²) in [5.74, 6) is 0.472. The third kappa shape index (κ3) is 6.71. The maximum absolute atomic E-state index is 14.2. The number of ether oxygens (including phenoxy) is 2. The van der Waals surface area contributed by atoms with Crippen LogP contribution in [-0.4, -0.2) is 17.1 Å². The van der Waals surface area contributed by atoms with Crippen LogP contribution in [0.3, 0.4) is 0 Å². The summed E-state index contributed by atoms with van der Waals surface area (Å²) in [4.78, 5) is 33.4. The van der Waals surface area contributed by atoms with Gasteiger partial charge in [-0.1, -0.05) is 104 Å². The smallest absolute Gasteiger partial charge is 0.338 e. The Morgan fingerprint density at radius 3 is 2.43 bits per heavy atom. The number of esters is 1. The number of nitriles is 1. The number of hydrogen-bond donors (Lipinski definition) is 0. The van der Waals surface area contributed by atoms with Crippen LogP contribution in [-0.2, 0) is 16.1 Å². The number of carbonyl (C=O) groups excluding carboxylic acids is 1. The van der Waals surface area contributed by atoms with E-state index >= 15 is 0 Å². The summed E-state index contributed by atoms with van der Waals surface area (Å²) in [7, 11) is 0. The van der Waals surface area contributed by atoms with E-state index in [2.05, 4.69) is 19.9 Å². The number of hydrogen-bond acceptors (Lipinski definition) is 7. The Balaban J connectivity index is 1.46.